The van der Waals surface area contributed by atoms with Gasteiger partial charge in [-0.05, 0) is 17.7 Å². The molecule has 1 N–H and O–H groups in total. The van der Waals surface area contributed by atoms with Crippen molar-refractivity contribution in [1.29, 1.82) is 0 Å². The molecule has 20 heteroatoms. The second-order valence-corrected chi connectivity index (χ2v) is 13.7. The number of esters is 5. The highest BCUT2D eigenvalue weighted by Gasteiger charge is 2.58. The molecule has 3 aliphatic heterocycles. The van der Waals surface area contributed by atoms with Gasteiger partial charge in [-0.2, -0.15) is 0 Å². The molecule has 2 aromatic rings. The van der Waals surface area contributed by atoms with Crippen LogP contribution in [0.3, 0.4) is 0 Å². The molecule has 3 heterocycles. The third kappa shape index (κ3) is 12.8. The van der Waals surface area contributed by atoms with E-state index >= 15 is 0 Å². The van der Waals surface area contributed by atoms with Gasteiger partial charge in [-0.25, -0.2) is 4.79 Å². The fourth-order valence-electron chi connectivity index (χ4n) is 6.64. The fraction of sp³-hybridized carbons (Fsp3) is 0.550. The first-order valence-electron chi connectivity index (χ1n) is 19.0. The predicted octanol–water partition coefficient (Wildman–Crippen LogP) is 2.18. The molecule has 3 fully saturated rings. The van der Waals surface area contributed by atoms with Crippen molar-refractivity contribution in [2.45, 2.75) is 109 Å². The summed E-state index contributed by atoms with van der Waals surface area (Å²) in [7, 11) is 1.52. The largest absolute Gasteiger partial charge is 0.497 e. The molecule has 328 valence electrons. The van der Waals surface area contributed by atoms with Crippen molar-refractivity contribution in [3.05, 3.63) is 65.7 Å². The maximum Gasteiger partial charge on any atom is 0.407 e. The van der Waals surface area contributed by atoms with Crippen molar-refractivity contribution in [2.24, 2.45) is 0 Å². The van der Waals surface area contributed by atoms with E-state index in [1.165, 1.54) is 7.11 Å². The highest BCUT2D eigenvalue weighted by Crippen LogP contribution is 2.39. The molecule has 0 aromatic heterocycles. The van der Waals surface area contributed by atoms with Crippen molar-refractivity contribution in [2.75, 3.05) is 33.5 Å². The molecular weight excluding hydrogens is 798 g/mol. The van der Waals surface area contributed by atoms with E-state index < -0.39 is 110 Å². The summed E-state index contributed by atoms with van der Waals surface area (Å²) in [6.07, 6.45) is -15.7. The van der Waals surface area contributed by atoms with Crippen LogP contribution in [-0.4, -0.2) is 131 Å². The van der Waals surface area contributed by atoms with Crippen LogP contribution in [0.1, 0.15) is 52.0 Å². The maximum absolute atomic E-state index is 12.7. The van der Waals surface area contributed by atoms with E-state index in [2.05, 4.69) is 5.32 Å². The molecule has 0 spiro atoms. The molecule has 3 aliphatic rings. The average molecular weight is 848 g/mol. The van der Waals surface area contributed by atoms with Crippen LogP contribution < -0.4 is 10.1 Å². The third-order valence-corrected chi connectivity index (χ3v) is 9.08. The standard InChI is InChI=1S/C40H49NO19/c1-21(42)50-19-29-32(33(53-22(2)43)35(55-24(4)45)38(57-29)49-17-16-41-40(47)52-18-26-10-8-7-9-11-26)60-39-36(56-25(5)46)34(54-23(3)44)31-30(58-39)20-51-37(59-31)27-12-14-28(48-6)15-13-27/h7-15,29-39H,16-20H2,1-6H3,(H,41,47)/t29-,30-,31?,32-,33?,34?,35-,36-,37?,38?,39?/m1/s1. The van der Waals surface area contributed by atoms with Crippen LogP contribution in [0.5, 0.6) is 5.75 Å². The second kappa shape index (κ2) is 21.7. The van der Waals surface area contributed by atoms with Crippen molar-refractivity contribution in [3.8, 4) is 5.75 Å². The zero-order chi connectivity index (χ0) is 43.3. The number of ether oxygens (including phenoxy) is 13. The molecule has 2 aromatic carbocycles. The van der Waals surface area contributed by atoms with Gasteiger partial charge in [0.2, 0.25) is 0 Å². The summed E-state index contributed by atoms with van der Waals surface area (Å²) in [6.45, 7) is 4.65. The topological polar surface area (TPSA) is 234 Å². The Kier molecular flexibility index (Phi) is 16.6. The lowest BCUT2D eigenvalue weighted by Gasteiger charge is -2.50. The Labute approximate surface area is 345 Å². The van der Waals surface area contributed by atoms with Crippen molar-refractivity contribution >= 4 is 35.9 Å². The van der Waals surface area contributed by atoms with Crippen LogP contribution >= 0.6 is 0 Å². The van der Waals surface area contributed by atoms with Crippen LogP contribution in [0.25, 0.3) is 0 Å². The SMILES string of the molecule is COc1ccc(C2OC[C@H]3OC(O[C@H]4C(OC(C)=O)[C@@H](OC(C)=O)C(OCCNC(=O)OCc5ccccc5)O[C@@H]4COC(C)=O)[C@H](OC(C)=O)C(OC(C)=O)C3O2)cc1. The minimum atomic E-state index is -1.63. The highest BCUT2D eigenvalue weighted by molar-refractivity contribution is 5.69. The summed E-state index contributed by atoms with van der Waals surface area (Å²) >= 11 is 0. The number of nitrogens with one attached hydrogen (secondary N) is 1. The number of fused-ring (bicyclic) bond motifs is 1. The smallest absolute Gasteiger partial charge is 0.407 e. The Hall–Kier alpha value is -5.38. The molecule has 20 nitrogen and oxygen atoms in total. The molecule has 3 saturated heterocycles. The summed E-state index contributed by atoms with van der Waals surface area (Å²) in [5, 5.41) is 2.53. The zero-order valence-corrected chi connectivity index (χ0v) is 33.8. The number of alkyl carbamates (subject to hydrolysis) is 1. The molecule has 0 aliphatic carbocycles. The minimum Gasteiger partial charge on any atom is -0.497 e. The van der Waals surface area contributed by atoms with Gasteiger partial charge in [0.25, 0.3) is 0 Å². The first kappa shape index (κ1) is 45.7. The third-order valence-electron chi connectivity index (χ3n) is 9.08. The highest BCUT2D eigenvalue weighted by atomic mass is 16.8. The summed E-state index contributed by atoms with van der Waals surface area (Å²) < 4.78 is 75.5. The lowest BCUT2D eigenvalue weighted by molar-refractivity contribution is -0.386. The van der Waals surface area contributed by atoms with Crippen molar-refractivity contribution < 1.29 is 90.3 Å². The Balaban J connectivity index is 1.39. The Morgan fingerprint density at radius 2 is 1.28 bits per heavy atom. The van der Waals surface area contributed by atoms with E-state index in [1.807, 2.05) is 6.07 Å². The van der Waals surface area contributed by atoms with Crippen LogP contribution in [0.15, 0.2) is 54.6 Å². The van der Waals surface area contributed by atoms with Gasteiger partial charge in [-0.1, -0.05) is 42.5 Å². The molecule has 11 atom stereocenters. The fourth-order valence-corrected chi connectivity index (χ4v) is 6.64. The zero-order valence-electron chi connectivity index (χ0n) is 33.8. The van der Waals surface area contributed by atoms with E-state index in [0.29, 0.717) is 11.3 Å². The minimum absolute atomic E-state index is 0.0212. The number of rotatable bonds is 16. The summed E-state index contributed by atoms with van der Waals surface area (Å²) in [5.74, 6) is -3.38. The van der Waals surface area contributed by atoms with Gasteiger partial charge in [0.05, 0.1) is 20.3 Å². The van der Waals surface area contributed by atoms with Gasteiger partial charge in [0.1, 0.15) is 43.4 Å². The second-order valence-electron chi connectivity index (χ2n) is 13.7. The first-order chi connectivity index (χ1) is 28.7. The first-order valence-corrected chi connectivity index (χ1v) is 19.0. The lowest BCUT2D eigenvalue weighted by atomic mass is 9.95. The normalized spacial score (nSPS) is 28.5. The number of hydrogen-bond acceptors (Lipinski definition) is 19. The summed E-state index contributed by atoms with van der Waals surface area (Å²) in [4.78, 5) is 74.8. The maximum atomic E-state index is 12.7. The van der Waals surface area contributed by atoms with Gasteiger partial charge in [-0.3, -0.25) is 24.0 Å². The number of methoxy groups -OCH3 is 1. The average Bonchev–Trinajstić information content (AvgIpc) is 3.20. The number of carbonyl (C=O) groups excluding carboxylic acids is 6. The van der Waals surface area contributed by atoms with Gasteiger partial charge in [0.15, 0.2) is 43.3 Å². The molecule has 0 bridgehead atoms. The van der Waals surface area contributed by atoms with Crippen LogP contribution in [0.2, 0.25) is 0 Å². The molecule has 0 radical (unpaired) electrons. The Bertz CT molecular complexity index is 1780. The van der Waals surface area contributed by atoms with Crippen LogP contribution in [-0.2, 0) is 87.4 Å². The quantitative estimate of drug-likeness (QED) is 0.145. The molecule has 1 amide bonds. The van der Waals surface area contributed by atoms with Gasteiger partial charge < -0.3 is 66.9 Å². The summed E-state index contributed by atoms with van der Waals surface area (Å²) in [5.41, 5.74) is 1.37. The monoisotopic (exact) mass is 847 g/mol. The number of benzene rings is 2. The van der Waals surface area contributed by atoms with E-state index in [-0.39, 0.29) is 26.4 Å². The molecule has 5 rings (SSSR count). The van der Waals surface area contributed by atoms with Crippen molar-refractivity contribution in [3.63, 3.8) is 0 Å². The van der Waals surface area contributed by atoms with E-state index in [4.69, 9.17) is 61.6 Å². The van der Waals surface area contributed by atoms with E-state index in [0.717, 1.165) is 40.2 Å². The van der Waals surface area contributed by atoms with Gasteiger partial charge in [0, 0.05) is 46.7 Å². The molecule has 0 saturated carbocycles. The Morgan fingerprint density at radius 1 is 0.667 bits per heavy atom. The number of carbonyl (C=O) groups is 6. The van der Waals surface area contributed by atoms with Crippen molar-refractivity contribution in [1.82, 2.24) is 5.32 Å². The van der Waals surface area contributed by atoms with Gasteiger partial charge >= 0.3 is 35.9 Å². The van der Waals surface area contributed by atoms with E-state index in [1.54, 1.807) is 48.5 Å². The lowest BCUT2D eigenvalue weighted by Crippen LogP contribution is -2.68. The summed E-state index contributed by atoms with van der Waals surface area (Å²) in [6, 6.07) is 15.9. The molecular formula is C40H49NO19. The number of hydrogen-bond donors (Lipinski definition) is 1. The molecule has 6 unspecified atom stereocenters. The number of amides is 1. The molecule has 60 heavy (non-hydrogen) atoms. The van der Waals surface area contributed by atoms with Crippen LogP contribution in [0.4, 0.5) is 4.79 Å². The Morgan fingerprint density at radius 3 is 1.90 bits per heavy atom. The van der Waals surface area contributed by atoms with E-state index in [9.17, 15) is 28.8 Å². The van der Waals surface area contributed by atoms with Crippen LogP contribution in [0, 0.1) is 0 Å². The van der Waals surface area contributed by atoms with Gasteiger partial charge in [-0.15, -0.1) is 0 Å². The predicted molar refractivity (Wildman–Crippen MR) is 198 cm³/mol.